The Hall–Kier alpha value is -4.51. The fraction of sp³-hybridized carbons (Fsp3) is 0.125. The number of carboxylic acid groups (broad SMARTS) is 1. The van der Waals surface area contributed by atoms with E-state index < -0.39 is 18.0 Å². The number of esters is 1. The van der Waals surface area contributed by atoms with Gasteiger partial charge in [-0.3, -0.25) is 0 Å². The molecule has 8 nitrogen and oxygen atoms in total. The van der Waals surface area contributed by atoms with E-state index in [4.69, 9.17) is 19.5 Å². The van der Waals surface area contributed by atoms with Crippen LogP contribution in [0.4, 0.5) is 5.69 Å². The van der Waals surface area contributed by atoms with Crippen molar-refractivity contribution in [3.05, 3.63) is 83.4 Å². The number of ether oxygens (including phenoxy) is 3. The maximum Gasteiger partial charge on any atom is 0.332 e. The van der Waals surface area contributed by atoms with Crippen LogP contribution in [-0.2, 0) is 9.53 Å². The number of benzene rings is 3. The van der Waals surface area contributed by atoms with Crippen LogP contribution in [0.15, 0.2) is 66.7 Å². The Morgan fingerprint density at radius 2 is 1.66 bits per heavy atom. The van der Waals surface area contributed by atoms with Gasteiger partial charge in [-0.15, -0.1) is 0 Å². The predicted octanol–water partition coefficient (Wildman–Crippen LogP) is 3.05. The molecule has 0 radical (unpaired) electrons. The highest BCUT2D eigenvalue weighted by molar-refractivity contribution is 5.85. The summed E-state index contributed by atoms with van der Waals surface area (Å²) in [5.74, 6) is -0.646. The average molecular weight is 431 g/mol. The van der Waals surface area contributed by atoms with Crippen LogP contribution in [0.3, 0.4) is 0 Å². The van der Waals surface area contributed by atoms with Crippen LogP contribution in [0.25, 0.3) is 0 Å². The highest BCUT2D eigenvalue weighted by atomic mass is 16.5. The second kappa shape index (κ2) is 10.00. The standard InChI is InChI=1S/C24H20N2O6/c1-30-21-13-17(7-12-20(21)32-19-10-5-16(6-11-19)23(27)28)22(24(29)31-2)26-18-8-3-15(14-25)4-9-18/h3-13,22,26H,1-2H3,(H,27,28)/p-1. The summed E-state index contributed by atoms with van der Waals surface area (Å²) in [4.78, 5) is 23.3. The van der Waals surface area contributed by atoms with Crippen molar-refractivity contribution in [2.45, 2.75) is 6.04 Å². The van der Waals surface area contributed by atoms with Gasteiger partial charge >= 0.3 is 5.97 Å². The Morgan fingerprint density at radius 3 is 2.22 bits per heavy atom. The van der Waals surface area contributed by atoms with E-state index in [2.05, 4.69) is 5.32 Å². The van der Waals surface area contributed by atoms with Gasteiger partial charge in [-0.25, -0.2) is 4.79 Å². The van der Waals surface area contributed by atoms with E-state index in [9.17, 15) is 14.7 Å². The van der Waals surface area contributed by atoms with Gasteiger partial charge in [-0.05, 0) is 71.8 Å². The first-order chi connectivity index (χ1) is 15.4. The molecule has 0 aliphatic rings. The molecule has 3 aromatic carbocycles. The van der Waals surface area contributed by atoms with Gasteiger partial charge in [0.05, 0.1) is 31.8 Å². The van der Waals surface area contributed by atoms with Crippen LogP contribution in [0, 0.1) is 11.3 Å². The van der Waals surface area contributed by atoms with E-state index in [1.54, 1.807) is 42.5 Å². The first kappa shape index (κ1) is 22.2. The van der Waals surface area contributed by atoms with E-state index in [1.807, 2.05) is 6.07 Å². The molecule has 0 bridgehead atoms. The zero-order valence-electron chi connectivity index (χ0n) is 17.3. The lowest BCUT2D eigenvalue weighted by molar-refractivity contribution is -0.255. The van der Waals surface area contributed by atoms with Crippen LogP contribution in [0.5, 0.6) is 17.2 Å². The fourth-order valence-electron chi connectivity index (χ4n) is 2.94. The van der Waals surface area contributed by atoms with Crippen LogP contribution in [-0.4, -0.2) is 26.2 Å². The summed E-state index contributed by atoms with van der Waals surface area (Å²) in [6, 6.07) is 18.6. The third kappa shape index (κ3) is 5.15. The molecular weight excluding hydrogens is 412 g/mol. The molecule has 1 atom stereocenters. The Morgan fingerprint density at radius 1 is 0.969 bits per heavy atom. The van der Waals surface area contributed by atoms with Crippen molar-refractivity contribution in [3.63, 3.8) is 0 Å². The van der Waals surface area contributed by atoms with Crippen LogP contribution in [0.1, 0.15) is 27.5 Å². The lowest BCUT2D eigenvalue weighted by Crippen LogP contribution is -2.22. The summed E-state index contributed by atoms with van der Waals surface area (Å²) in [5.41, 5.74) is 1.74. The number of carboxylic acids is 1. The van der Waals surface area contributed by atoms with Crippen molar-refractivity contribution < 1.29 is 28.9 Å². The third-order valence-corrected chi connectivity index (χ3v) is 4.60. The molecule has 0 spiro atoms. The van der Waals surface area contributed by atoms with Crippen molar-refractivity contribution in [2.75, 3.05) is 19.5 Å². The molecule has 0 aliphatic heterocycles. The number of carbonyl (C=O) groups excluding carboxylic acids is 2. The summed E-state index contributed by atoms with van der Waals surface area (Å²) in [6.07, 6.45) is 0. The second-order valence-corrected chi connectivity index (χ2v) is 6.61. The van der Waals surface area contributed by atoms with Crippen molar-refractivity contribution >= 4 is 17.6 Å². The summed E-state index contributed by atoms with van der Waals surface area (Å²) < 4.78 is 16.1. The van der Waals surface area contributed by atoms with Gasteiger partial charge in [-0.1, -0.05) is 6.07 Å². The lowest BCUT2D eigenvalue weighted by Gasteiger charge is -2.20. The molecule has 0 aromatic heterocycles. The zero-order chi connectivity index (χ0) is 23.1. The van der Waals surface area contributed by atoms with Gasteiger partial charge in [0.25, 0.3) is 0 Å². The first-order valence-electron chi connectivity index (χ1n) is 9.47. The molecule has 8 heteroatoms. The molecule has 0 fully saturated rings. The maximum absolute atomic E-state index is 12.4. The lowest BCUT2D eigenvalue weighted by atomic mass is 10.1. The van der Waals surface area contributed by atoms with Crippen molar-refractivity contribution in [2.24, 2.45) is 0 Å². The number of aromatic carboxylic acids is 1. The van der Waals surface area contributed by atoms with Crippen LogP contribution < -0.4 is 19.9 Å². The molecule has 0 saturated heterocycles. The minimum atomic E-state index is -1.28. The molecule has 0 heterocycles. The maximum atomic E-state index is 12.4. The van der Waals surface area contributed by atoms with Crippen molar-refractivity contribution in [3.8, 4) is 23.3 Å². The monoisotopic (exact) mass is 431 g/mol. The quantitative estimate of drug-likeness (QED) is 0.540. The SMILES string of the molecule is COC(=O)C(Nc1ccc(C#N)cc1)c1ccc(Oc2ccc(C(=O)[O-])cc2)c(OC)c1. The molecule has 3 aromatic rings. The van der Waals surface area contributed by atoms with Gasteiger partial charge in [0, 0.05) is 5.69 Å². The number of hydrogen-bond donors (Lipinski definition) is 1. The molecule has 3 rings (SSSR count). The highest BCUT2D eigenvalue weighted by Crippen LogP contribution is 2.35. The summed E-state index contributed by atoms with van der Waals surface area (Å²) in [7, 11) is 2.76. The molecule has 1 N–H and O–H groups in total. The number of carbonyl (C=O) groups is 2. The van der Waals surface area contributed by atoms with Gasteiger partial charge in [0.1, 0.15) is 5.75 Å². The number of anilines is 1. The minimum absolute atomic E-state index is 0.0365. The summed E-state index contributed by atoms with van der Waals surface area (Å²) in [5, 5.41) is 22.9. The molecule has 0 amide bonds. The minimum Gasteiger partial charge on any atom is -0.545 e. The van der Waals surface area contributed by atoms with E-state index >= 15 is 0 Å². The number of hydrogen-bond acceptors (Lipinski definition) is 8. The second-order valence-electron chi connectivity index (χ2n) is 6.61. The molecule has 32 heavy (non-hydrogen) atoms. The Kier molecular flexibility index (Phi) is 6.93. The predicted molar refractivity (Wildman–Crippen MR) is 113 cm³/mol. The van der Waals surface area contributed by atoms with Gasteiger partial charge < -0.3 is 29.4 Å². The number of methoxy groups -OCH3 is 2. The van der Waals surface area contributed by atoms with Gasteiger partial charge in [-0.2, -0.15) is 5.26 Å². The topological polar surface area (TPSA) is 121 Å². The zero-order valence-corrected chi connectivity index (χ0v) is 17.3. The smallest absolute Gasteiger partial charge is 0.332 e. The Bertz CT molecular complexity index is 1150. The highest BCUT2D eigenvalue weighted by Gasteiger charge is 2.23. The number of nitrogens with zero attached hydrogens (tertiary/aromatic N) is 1. The van der Waals surface area contributed by atoms with Crippen molar-refractivity contribution in [1.82, 2.24) is 0 Å². The Balaban J connectivity index is 1.86. The van der Waals surface area contributed by atoms with E-state index in [0.717, 1.165) is 0 Å². The average Bonchev–Trinajstić information content (AvgIpc) is 2.83. The number of nitriles is 1. The van der Waals surface area contributed by atoms with Crippen LogP contribution >= 0.6 is 0 Å². The normalized spacial score (nSPS) is 11.0. The summed E-state index contributed by atoms with van der Waals surface area (Å²) >= 11 is 0. The first-order valence-corrected chi connectivity index (χ1v) is 9.47. The third-order valence-electron chi connectivity index (χ3n) is 4.60. The van der Waals surface area contributed by atoms with E-state index in [0.29, 0.717) is 34.1 Å². The van der Waals surface area contributed by atoms with Crippen molar-refractivity contribution in [1.29, 1.82) is 5.26 Å². The Labute approximate surface area is 184 Å². The summed E-state index contributed by atoms with van der Waals surface area (Å²) in [6.45, 7) is 0. The largest absolute Gasteiger partial charge is 0.545 e. The molecule has 0 saturated carbocycles. The molecule has 1 unspecified atom stereocenters. The number of nitrogens with one attached hydrogen (secondary N) is 1. The van der Waals surface area contributed by atoms with Gasteiger partial charge in [0.2, 0.25) is 0 Å². The molecule has 162 valence electrons. The van der Waals surface area contributed by atoms with Gasteiger partial charge in [0.15, 0.2) is 17.5 Å². The molecular formula is C24H19N2O6-. The molecule has 0 aliphatic carbocycles. The number of rotatable bonds is 8. The fourth-order valence-corrected chi connectivity index (χ4v) is 2.94. The van der Waals surface area contributed by atoms with E-state index in [-0.39, 0.29) is 5.56 Å². The van der Waals surface area contributed by atoms with E-state index in [1.165, 1.54) is 38.5 Å². The van der Waals surface area contributed by atoms with Crippen LogP contribution in [0.2, 0.25) is 0 Å².